The highest BCUT2D eigenvalue weighted by molar-refractivity contribution is 6.30. The van der Waals surface area contributed by atoms with E-state index in [-0.39, 0.29) is 12.6 Å². The Labute approximate surface area is 192 Å². The third-order valence-corrected chi connectivity index (χ3v) is 5.45. The van der Waals surface area contributed by atoms with Crippen LogP contribution in [0.3, 0.4) is 0 Å². The number of nitrogens with zero attached hydrogens (tertiary/aromatic N) is 2. The smallest absolute Gasteiger partial charge is 0.411 e. The van der Waals surface area contributed by atoms with Gasteiger partial charge < -0.3 is 9.64 Å². The van der Waals surface area contributed by atoms with E-state index in [4.69, 9.17) is 16.3 Å². The van der Waals surface area contributed by atoms with E-state index in [1.807, 2.05) is 71.6 Å². The van der Waals surface area contributed by atoms with Gasteiger partial charge in [0.15, 0.2) is 0 Å². The lowest BCUT2D eigenvalue weighted by Gasteiger charge is -2.35. The number of hydrogen-bond acceptors (Lipinski definition) is 3. The molecular formula is C25H24ClN3O3. The van der Waals surface area contributed by atoms with Crippen molar-refractivity contribution in [2.45, 2.75) is 19.6 Å². The lowest BCUT2D eigenvalue weighted by molar-refractivity contribution is 0.155. The first kappa shape index (κ1) is 21.7. The number of urea groups is 1. The fourth-order valence-corrected chi connectivity index (χ4v) is 3.84. The first-order valence-corrected chi connectivity index (χ1v) is 10.8. The maximum atomic E-state index is 13.0. The Morgan fingerprint density at radius 2 is 1.69 bits per heavy atom. The normalized spacial score (nSPS) is 13.7. The molecule has 3 aromatic rings. The van der Waals surface area contributed by atoms with Crippen LogP contribution in [0.5, 0.6) is 0 Å². The number of benzene rings is 3. The highest BCUT2D eigenvalue weighted by Crippen LogP contribution is 2.24. The van der Waals surface area contributed by atoms with Gasteiger partial charge in [-0.15, -0.1) is 0 Å². The minimum absolute atomic E-state index is 0.0424. The summed E-state index contributed by atoms with van der Waals surface area (Å²) >= 11 is 6.07. The van der Waals surface area contributed by atoms with Crippen molar-refractivity contribution in [1.29, 1.82) is 0 Å². The summed E-state index contributed by atoms with van der Waals surface area (Å²) in [7, 11) is 0. The molecular weight excluding hydrogens is 426 g/mol. The summed E-state index contributed by atoms with van der Waals surface area (Å²) in [4.78, 5) is 28.7. The quantitative estimate of drug-likeness (QED) is 0.508. The highest BCUT2D eigenvalue weighted by Gasteiger charge is 2.26. The van der Waals surface area contributed by atoms with Crippen LogP contribution in [-0.4, -0.2) is 30.1 Å². The lowest BCUT2D eigenvalue weighted by Crippen LogP contribution is -2.49. The molecule has 0 saturated carbocycles. The topological polar surface area (TPSA) is 61.9 Å². The number of hydrogen-bond donors (Lipinski definition) is 1. The molecule has 164 valence electrons. The Bertz CT molecular complexity index is 1070. The summed E-state index contributed by atoms with van der Waals surface area (Å²) in [5.41, 5.74) is 3.31. The number of nitrogens with one attached hydrogen (secondary N) is 1. The van der Waals surface area contributed by atoms with Crippen LogP contribution in [0.25, 0.3) is 0 Å². The molecule has 1 saturated heterocycles. The largest absolute Gasteiger partial charge is 0.444 e. The van der Waals surface area contributed by atoms with Crippen molar-refractivity contribution in [2.75, 3.05) is 23.3 Å². The van der Waals surface area contributed by atoms with E-state index in [1.54, 1.807) is 17.0 Å². The summed E-state index contributed by atoms with van der Waals surface area (Å²) in [5.74, 6) is 0. The molecule has 3 aromatic carbocycles. The van der Waals surface area contributed by atoms with Crippen LogP contribution < -0.4 is 10.2 Å². The van der Waals surface area contributed by atoms with Crippen LogP contribution >= 0.6 is 11.6 Å². The number of carbonyl (C=O) groups is 2. The fraction of sp³-hybridized carbons (Fsp3) is 0.200. The molecule has 1 N–H and O–H groups in total. The minimum Gasteiger partial charge on any atom is -0.444 e. The molecule has 6 nitrogen and oxygen atoms in total. The molecule has 0 aliphatic carbocycles. The number of rotatable bonds is 6. The van der Waals surface area contributed by atoms with Crippen molar-refractivity contribution in [3.05, 3.63) is 95.0 Å². The van der Waals surface area contributed by atoms with Crippen LogP contribution in [0.15, 0.2) is 78.9 Å². The van der Waals surface area contributed by atoms with Crippen molar-refractivity contribution < 1.29 is 14.3 Å². The first-order chi connectivity index (χ1) is 15.6. The second-order valence-electron chi connectivity index (χ2n) is 7.57. The van der Waals surface area contributed by atoms with E-state index >= 15 is 0 Å². The van der Waals surface area contributed by atoms with E-state index < -0.39 is 6.09 Å². The van der Waals surface area contributed by atoms with Crippen LogP contribution in [0.1, 0.15) is 17.5 Å². The average molecular weight is 450 g/mol. The molecule has 0 aromatic heterocycles. The SMILES string of the molecule is O=C(Nc1ccc(N2CCCN(Cc3cccc(Cl)c3)C2=O)cc1)OCc1ccccc1. The molecule has 0 radical (unpaired) electrons. The van der Waals surface area contributed by atoms with Gasteiger partial charge in [0.2, 0.25) is 0 Å². The zero-order chi connectivity index (χ0) is 22.3. The molecule has 1 fully saturated rings. The van der Waals surface area contributed by atoms with E-state index in [1.165, 1.54) is 0 Å². The fourth-order valence-electron chi connectivity index (χ4n) is 3.63. The van der Waals surface area contributed by atoms with Crippen LogP contribution in [0.2, 0.25) is 5.02 Å². The van der Waals surface area contributed by atoms with Gasteiger partial charge in [-0.2, -0.15) is 0 Å². The second-order valence-corrected chi connectivity index (χ2v) is 8.01. The standard InChI is InChI=1S/C25H24ClN3O3/c26-21-9-4-8-20(16-21)17-28-14-5-15-29(25(28)31)23-12-10-22(11-13-23)27-24(30)32-18-19-6-2-1-3-7-19/h1-4,6-13,16H,5,14-15,17-18H2,(H,27,30). The Kier molecular flexibility index (Phi) is 6.92. The molecule has 3 amide bonds. The molecule has 0 bridgehead atoms. The Hall–Kier alpha value is -3.51. The molecule has 7 heteroatoms. The van der Waals surface area contributed by atoms with E-state index in [0.29, 0.717) is 30.3 Å². The number of carbonyl (C=O) groups excluding carboxylic acids is 2. The summed E-state index contributed by atoms with van der Waals surface area (Å²) < 4.78 is 5.24. The van der Waals surface area contributed by atoms with Gasteiger partial charge in [-0.05, 0) is 53.9 Å². The Morgan fingerprint density at radius 1 is 0.938 bits per heavy atom. The summed E-state index contributed by atoms with van der Waals surface area (Å²) in [6.45, 7) is 2.07. The van der Waals surface area contributed by atoms with Crippen LogP contribution in [0, 0.1) is 0 Å². The van der Waals surface area contributed by atoms with Gasteiger partial charge in [0.1, 0.15) is 6.61 Å². The van der Waals surface area contributed by atoms with Crippen LogP contribution in [0.4, 0.5) is 21.0 Å². The van der Waals surface area contributed by atoms with Gasteiger partial charge >= 0.3 is 12.1 Å². The molecule has 1 heterocycles. The third-order valence-electron chi connectivity index (χ3n) is 5.21. The zero-order valence-electron chi connectivity index (χ0n) is 17.5. The molecule has 0 unspecified atom stereocenters. The highest BCUT2D eigenvalue weighted by atomic mass is 35.5. The Morgan fingerprint density at radius 3 is 2.44 bits per heavy atom. The monoisotopic (exact) mass is 449 g/mol. The summed E-state index contributed by atoms with van der Waals surface area (Å²) in [6.07, 6.45) is 0.348. The predicted molar refractivity (Wildman–Crippen MR) is 126 cm³/mol. The third kappa shape index (κ3) is 5.59. The molecule has 0 spiro atoms. The van der Waals surface area contributed by atoms with Gasteiger partial charge in [-0.25, -0.2) is 9.59 Å². The van der Waals surface area contributed by atoms with Gasteiger partial charge in [-0.1, -0.05) is 54.1 Å². The predicted octanol–water partition coefficient (Wildman–Crippen LogP) is 5.92. The number of halogens is 1. The average Bonchev–Trinajstić information content (AvgIpc) is 2.81. The van der Waals surface area contributed by atoms with Gasteiger partial charge in [-0.3, -0.25) is 10.2 Å². The molecule has 4 rings (SSSR count). The van der Waals surface area contributed by atoms with Crippen molar-refractivity contribution in [1.82, 2.24) is 4.90 Å². The van der Waals surface area contributed by atoms with Crippen molar-refractivity contribution >= 4 is 35.1 Å². The minimum atomic E-state index is -0.525. The maximum Gasteiger partial charge on any atom is 0.411 e. The van der Waals surface area contributed by atoms with Gasteiger partial charge in [0.05, 0.1) is 0 Å². The molecule has 1 aliphatic heterocycles. The summed E-state index contributed by atoms with van der Waals surface area (Å²) in [5, 5.41) is 3.37. The Balaban J connectivity index is 1.34. The van der Waals surface area contributed by atoms with Gasteiger partial charge in [0, 0.05) is 36.0 Å². The van der Waals surface area contributed by atoms with E-state index in [9.17, 15) is 9.59 Å². The van der Waals surface area contributed by atoms with Gasteiger partial charge in [0.25, 0.3) is 0 Å². The lowest BCUT2D eigenvalue weighted by atomic mass is 10.1. The summed E-state index contributed by atoms with van der Waals surface area (Å²) in [6, 6.07) is 24.2. The molecule has 32 heavy (non-hydrogen) atoms. The van der Waals surface area contributed by atoms with E-state index in [0.717, 1.165) is 23.2 Å². The zero-order valence-corrected chi connectivity index (χ0v) is 18.3. The van der Waals surface area contributed by atoms with Crippen LogP contribution in [-0.2, 0) is 17.9 Å². The maximum absolute atomic E-state index is 13.0. The van der Waals surface area contributed by atoms with E-state index in [2.05, 4.69) is 5.32 Å². The number of anilines is 2. The van der Waals surface area contributed by atoms with Crippen molar-refractivity contribution in [3.8, 4) is 0 Å². The number of ether oxygens (including phenoxy) is 1. The molecule has 0 atom stereocenters. The second kappa shape index (κ2) is 10.2. The van der Waals surface area contributed by atoms with Crippen molar-refractivity contribution in [3.63, 3.8) is 0 Å². The first-order valence-electron chi connectivity index (χ1n) is 10.5. The number of amides is 3. The molecule has 1 aliphatic rings. The van der Waals surface area contributed by atoms with Crippen molar-refractivity contribution in [2.24, 2.45) is 0 Å².